The van der Waals surface area contributed by atoms with E-state index in [0.717, 1.165) is 34.4 Å². The number of carbonyl (C=O) groups is 1. The van der Waals surface area contributed by atoms with E-state index in [0.29, 0.717) is 6.04 Å². The normalized spacial score (nSPS) is 28.0. The summed E-state index contributed by atoms with van der Waals surface area (Å²) in [5.41, 5.74) is 1.80. The highest BCUT2D eigenvalue weighted by atomic mass is 79.9. The first-order valence-corrected chi connectivity index (χ1v) is 8.27. The molecule has 2 aromatic heterocycles. The quantitative estimate of drug-likeness (QED) is 0.906. The minimum atomic E-state index is 0.0363. The third-order valence-corrected chi connectivity index (χ3v) is 5.06. The Kier molecular flexibility index (Phi) is 3.27. The number of piperidine rings is 1. The van der Waals surface area contributed by atoms with Crippen LogP contribution in [0.4, 0.5) is 0 Å². The fourth-order valence-corrected chi connectivity index (χ4v) is 4.10. The van der Waals surface area contributed by atoms with Gasteiger partial charge in [-0.05, 0) is 59.4 Å². The zero-order chi connectivity index (χ0) is 14.4. The number of pyridine rings is 1. The lowest BCUT2D eigenvalue weighted by molar-refractivity contribution is 0.0909. The predicted octanol–water partition coefficient (Wildman–Crippen LogP) is 2.53. The van der Waals surface area contributed by atoms with Crippen molar-refractivity contribution in [2.24, 2.45) is 5.92 Å². The minimum absolute atomic E-state index is 0.0363. The van der Waals surface area contributed by atoms with Crippen molar-refractivity contribution < 1.29 is 4.79 Å². The molecule has 3 atom stereocenters. The van der Waals surface area contributed by atoms with Gasteiger partial charge < -0.3 is 14.6 Å². The van der Waals surface area contributed by atoms with E-state index in [-0.39, 0.29) is 5.91 Å². The van der Waals surface area contributed by atoms with Crippen molar-refractivity contribution in [3.8, 4) is 0 Å². The molecule has 0 saturated carbocycles. The van der Waals surface area contributed by atoms with Gasteiger partial charge in [-0.2, -0.15) is 0 Å². The van der Waals surface area contributed by atoms with Crippen molar-refractivity contribution in [1.29, 1.82) is 0 Å². The molecule has 4 nitrogen and oxygen atoms in total. The summed E-state index contributed by atoms with van der Waals surface area (Å²) in [6, 6.07) is 6.21. The molecule has 2 bridgehead atoms. The van der Waals surface area contributed by atoms with E-state index < -0.39 is 0 Å². The first-order valence-electron chi connectivity index (χ1n) is 7.48. The molecule has 2 aliphatic rings. The molecule has 5 heteroatoms. The average molecular weight is 348 g/mol. The van der Waals surface area contributed by atoms with E-state index in [2.05, 4.69) is 26.1 Å². The molecule has 1 amide bonds. The number of aromatic nitrogens is 1. The number of fused-ring (bicyclic) bond motifs is 3. The van der Waals surface area contributed by atoms with Gasteiger partial charge >= 0.3 is 0 Å². The number of carbonyl (C=O) groups excluding carboxylic acids is 1. The van der Waals surface area contributed by atoms with E-state index in [1.807, 2.05) is 35.0 Å². The lowest BCUT2D eigenvalue weighted by atomic mass is 9.96. The number of amides is 1. The third kappa shape index (κ3) is 2.60. The average Bonchev–Trinajstić information content (AvgIpc) is 2.99. The van der Waals surface area contributed by atoms with Crippen LogP contribution in [0.1, 0.15) is 23.2 Å². The van der Waals surface area contributed by atoms with Crippen molar-refractivity contribution in [1.82, 2.24) is 14.6 Å². The van der Waals surface area contributed by atoms with Crippen molar-refractivity contribution >= 4 is 27.4 Å². The van der Waals surface area contributed by atoms with E-state index in [1.54, 1.807) is 0 Å². The van der Waals surface area contributed by atoms with Crippen LogP contribution in [0.15, 0.2) is 35.1 Å². The second-order valence-corrected chi connectivity index (χ2v) is 7.14. The highest BCUT2D eigenvalue weighted by molar-refractivity contribution is 9.10. The Labute approximate surface area is 132 Å². The van der Waals surface area contributed by atoms with E-state index >= 15 is 0 Å². The Morgan fingerprint density at radius 1 is 1.29 bits per heavy atom. The van der Waals surface area contributed by atoms with Gasteiger partial charge in [-0.1, -0.05) is 0 Å². The fraction of sp³-hybridized carbons (Fsp3) is 0.438. The summed E-state index contributed by atoms with van der Waals surface area (Å²) in [6.45, 7) is 3.41. The molecule has 0 spiro atoms. The number of hydrogen-bond donors (Lipinski definition) is 1. The Balaban J connectivity index is 1.50. The molecule has 110 valence electrons. The number of nitrogens with one attached hydrogen (secondary N) is 1. The number of nitrogens with zero attached hydrogens (tertiary/aromatic N) is 2. The minimum Gasteiger partial charge on any atom is -0.348 e. The number of hydrogen-bond acceptors (Lipinski definition) is 2. The number of halogens is 1. The van der Waals surface area contributed by atoms with Gasteiger partial charge in [-0.3, -0.25) is 4.79 Å². The molecular formula is C16H18BrN3O. The first kappa shape index (κ1) is 13.3. The number of rotatable bonds is 2. The summed E-state index contributed by atoms with van der Waals surface area (Å²) in [4.78, 5) is 14.9. The van der Waals surface area contributed by atoms with Crippen LogP contribution in [0, 0.1) is 5.92 Å². The van der Waals surface area contributed by atoms with Crippen LogP contribution in [0.5, 0.6) is 0 Å². The lowest BCUT2D eigenvalue weighted by Crippen LogP contribution is -2.47. The Morgan fingerprint density at radius 3 is 3.05 bits per heavy atom. The van der Waals surface area contributed by atoms with Crippen LogP contribution in [0.3, 0.4) is 0 Å². The molecule has 0 radical (unpaired) electrons. The zero-order valence-electron chi connectivity index (χ0n) is 11.8. The predicted molar refractivity (Wildman–Crippen MR) is 85.5 cm³/mol. The highest BCUT2D eigenvalue weighted by Gasteiger charge is 2.32. The van der Waals surface area contributed by atoms with Gasteiger partial charge in [0.2, 0.25) is 0 Å². The molecule has 4 rings (SSSR count). The first-order chi connectivity index (χ1) is 10.2. The van der Waals surface area contributed by atoms with Crippen LogP contribution in [-0.4, -0.2) is 40.9 Å². The van der Waals surface area contributed by atoms with Crippen LogP contribution >= 0.6 is 15.9 Å². The topological polar surface area (TPSA) is 36.8 Å². The molecule has 2 aromatic rings. The molecule has 0 aliphatic carbocycles. The second kappa shape index (κ2) is 5.14. The van der Waals surface area contributed by atoms with Gasteiger partial charge in [0.25, 0.3) is 5.91 Å². The molecule has 0 aromatic carbocycles. The van der Waals surface area contributed by atoms with Gasteiger partial charge in [0, 0.05) is 41.5 Å². The van der Waals surface area contributed by atoms with Crippen LogP contribution < -0.4 is 5.32 Å². The third-order valence-electron chi connectivity index (χ3n) is 4.62. The van der Waals surface area contributed by atoms with E-state index in [1.165, 1.54) is 19.5 Å². The monoisotopic (exact) mass is 347 g/mol. The molecule has 21 heavy (non-hydrogen) atoms. The fourth-order valence-electron chi connectivity index (χ4n) is 3.64. The summed E-state index contributed by atoms with van der Waals surface area (Å²) in [5, 5.41) is 3.20. The summed E-state index contributed by atoms with van der Waals surface area (Å²) >= 11 is 3.46. The molecule has 2 fully saturated rings. The van der Waals surface area contributed by atoms with Gasteiger partial charge in [0.1, 0.15) is 0 Å². The van der Waals surface area contributed by atoms with Gasteiger partial charge in [-0.15, -0.1) is 0 Å². The maximum atomic E-state index is 12.4. The SMILES string of the molecule is O=C(N[C@@H]1CC2CCN(C2)C1)c1ccc2cc(Br)cn2c1. The summed E-state index contributed by atoms with van der Waals surface area (Å²) in [7, 11) is 0. The lowest BCUT2D eigenvalue weighted by Gasteiger charge is -2.30. The van der Waals surface area contributed by atoms with Crippen LogP contribution in [0.2, 0.25) is 0 Å². The largest absolute Gasteiger partial charge is 0.348 e. The Bertz CT molecular complexity index is 684. The maximum absolute atomic E-state index is 12.4. The summed E-state index contributed by atoms with van der Waals surface area (Å²) < 4.78 is 3.00. The molecule has 2 unspecified atom stereocenters. The highest BCUT2D eigenvalue weighted by Crippen LogP contribution is 2.26. The zero-order valence-corrected chi connectivity index (χ0v) is 13.3. The van der Waals surface area contributed by atoms with Crippen molar-refractivity contribution in [3.05, 3.63) is 40.6 Å². The molecule has 4 heterocycles. The van der Waals surface area contributed by atoms with E-state index in [9.17, 15) is 4.79 Å². The van der Waals surface area contributed by atoms with Crippen molar-refractivity contribution in [3.63, 3.8) is 0 Å². The van der Waals surface area contributed by atoms with Gasteiger partial charge in [0.05, 0.1) is 5.56 Å². The molecule has 2 aliphatic heterocycles. The molecule has 2 saturated heterocycles. The van der Waals surface area contributed by atoms with E-state index in [4.69, 9.17) is 0 Å². The second-order valence-electron chi connectivity index (χ2n) is 6.23. The summed E-state index contributed by atoms with van der Waals surface area (Å²) in [6.07, 6.45) is 6.28. The van der Waals surface area contributed by atoms with Crippen LogP contribution in [0.25, 0.3) is 5.52 Å². The Hall–Kier alpha value is -1.33. The standard InChI is InChI=1S/C16H18BrN3O/c17-13-6-15-2-1-12(8-20(15)9-13)16(21)18-14-5-11-3-4-19(7-11)10-14/h1-2,6,8-9,11,14H,3-5,7,10H2,(H,18,21)/t11?,14-/m1/s1. The van der Waals surface area contributed by atoms with Gasteiger partial charge in [0.15, 0.2) is 0 Å². The molecule has 1 N–H and O–H groups in total. The summed E-state index contributed by atoms with van der Waals surface area (Å²) in [5.74, 6) is 0.807. The van der Waals surface area contributed by atoms with Crippen molar-refractivity contribution in [2.75, 3.05) is 19.6 Å². The van der Waals surface area contributed by atoms with Gasteiger partial charge in [-0.25, -0.2) is 0 Å². The van der Waals surface area contributed by atoms with Crippen molar-refractivity contribution in [2.45, 2.75) is 18.9 Å². The molecular weight excluding hydrogens is 330 g/mol. The maximum Gasteiger partial charge on any atom is 0.253 e. The smallest absolute Gasteiger partial charge is 0.253 e. The van der Waals surface area contributed by atoms with Crippen LogP contribution in [-0.2, 0) is 0 Å². The Morgan fingerprint density at radius 2 is 2.19 bits per heavy atom.